The van der Waals surface area contributed by atoms with Crippen LogP contribution in [0.2, 0.25) is 0 Å². The second-order valence-corrected chi connectivity index (χ2v) is 7.83. The van der Waals surface area contributed by atoms with Gasteiger partial charge in [-0.05, 0) is 11.5 Å². The summed E-state index contributed by atoms with van der Waals surface area (Å²) in [6.45, 7) is 4.25. The van der Waals surface area contributed by atoms with Gasteiger partial charge in [-0.15, -0.1) is 0 Å². The third-order valence-electron chi connectivity index (χ3n) is 5.62. The maximum atomic E-state index is 10.3. The molecule has 5 N–H and O–H groups in total. The lowest BCUT2D eigenvalue weighted by atomic mass is 9.94. The molecular weight excluding hydrogens is 374 g/mol. The van der Waals surface area contributed by atoms with E-state index in [2.05, 4.69) is 36.3 Å². The molecule has 0 radical (unpaired) electrons. The summed E-state index contributed by atoms with van der Waals surface area (Å²) in [6.07, 6.45) is -2.65. The van der Waals surface area contributed by atoms with Crippen LogP contribution >= 0.6 is 0 Å². The minimum atomic E-state index is -1.20. The number of ether oxygens (including phenoxy) is 1. The van der Waals surface area contributed by atoms with Crippen LogP contribution in [0.25, 0.3) is 0 Å². The summed E-state index contributed by atoms with van der Waals surface area (Å²) in [4.78, 5) is 6.35. The second-order valence-electron chi connectivity index (χ2n) is 7.83. The normalized spacial score (nSPS) is 27.8. The Morgan fingerprint density at radius 1 is 1.24 bits per heavy atom. The summed E-state index contributed by atoms with van der Waals surface area (Å²) in [6, 6.07) is 10.1. The molecule has 1 unspecified atom stereocenters. The molecule has 156 valence electrons. The molecule has 0 saturated carbocycles. The van der Waals surface area contributed by atoms with Crippen molar-refractivity contribution in [2.75, 3.05) is 18.6 Å². The number of anilines is 1. The first-order valence-electron chi connectivity index (χ1n) is 9.77. The van der Waals surface area contributed by atoms with Gasteiger partial charge in [0.25, 0.3) is 0 Å². The highest BCUT2D eigenvalue weighted by molar-refractivity contribution is 6.00. The minimum Gasteiger partial charge on any atom is -0.394 e. The molecule has 29 heavy (non-hydrogen) atoms. The van der Waals surface area contributed by atoms with Gasteiger partial charge in [-0.3, -0.25) is 9.98 Å². The fraction of sp³-hybridized carbons (Fsp3) is 0.500. The number of hydrogen-bond donors (Lipinski definition) is 5. The van der Waals surface area contributed by atoms with Crippen molar-refractivity contribution in [2.24, 2.45) is 5.92 Å². The monoisotopic (exact) mass is 401 g/mol. The number of imidazole rings is 1. The molecule has 1 fully saturated rings. The summed E-state index contributed by atoms with van der Waals surface area (Å²) in [7, 11) is 0. The molecule has 5 atom stereocenters. The fourth-order valence-electron chi connectivity index (χ4n) is 4.20. The summed E-state index contributed by atoms with van der Waals surface area (Å²) >= 11 is 0. The Morgan fingerprint density at radius 2 is 1.97 bits per heavy atom. The van der Waals surface area contributed by atoms with E-state index in [9.17, 15) is 15.3 Å². The van der Waals surface area contributed by atoms with Crippen molar-refractivity contribution in [1.82, 2.24) is 14.5 Å². The molecule has 2 aliphatic heterocycles. The lowest BCUT2D eigenvalue weighted by Gasteiger charge is -2.39. The first-order chi connectivity index (χ1) is 13.9. The Morgan fingerprint density at radius 3 is 2.59 bits per heavy atom. The number of fused-ring (bicyclic) bond motifs is 1. The van der Waals surface area contributed by atoms with Crippen LogP contribution in [0, 0.1) is 11.3 Å². The molecule has 1 aromatic heterocycles. The number of rotatable bonds is 5. The number of benzene rings is 1. The van der Waals surface area contributed by atoms with Gasteiger partial charge in [0.1, 0.15) is 29.8 Å². The van der Waals surface area contributed by atoms with Gasteiger partial charge in [0.15, 0.2) is 12.1 Å². The van der Waals surface area contributed by atoms with E-state index in [-0.39, 0.29) is 17.8 Å². The van der Waals surface area contributed by atoms with E-state index in [1.165, 1.54) is 6.33 Å². The van der Waals surface area contributed by atoms with E-state index >= 15 is 0 Å². The van der Waals surface area contributed by atoms with Crippen molar-refractivity contribution < 1.29 is 20.1 Å². The van der Waals surface area contributed by atoms with Crippen molar-refractivity contribution in [1.29, 1.82) is 5.41 Å². The Balaban J connectivity index is 1.63. The standard InChI is InChI=1S/C20H27N5O4/c1-11(2)15(12-6-4-3-5-7-12)24-10-23-19-14(18(24)21)22-9-25(19)20-17(28)16(27)13(8-26)29-20/h3-7,9,11,13,15-17,20-21,23,26-28H,8,10H2,1-2H3/t13-,15?,16-,17-,20-/m1/s1. The van der Waals surface area contributed by atoms with Crippen molar-refractivity contribution in [3.63, 3.8) is 0 Å². The van der Waals surface area contributed by atoms with E-state index in [1.807, 2.05) is 23.1 Å². The minimum absolute atomic E-state index is 0.00316. The summed E-state index contributed by atoms with van der Waals surface area (Å²) in [5.41, 5.74) is 1.58. The number of aromatic nitrogens is 2. The number of hydrogen-bond acceptors (Lipinski definition) is 7. The SMILES string of the molecule is CC(C)C(c1ccccc1)N1CNc2c(ncn2[C@@H]2O[C@H](CO)[C@@H](O)[C@H]2O)C1=N. The second kappa shape index (κ2) is 7.75. The molecule has 0 aliphatic carbocycles. The van der Waals surface area contributed by atoms with Gasteiger partial charge in [0.2, 0.25) is 0 Å². The largest absolute Gasteiger partial charge is 0.394 e. The average Bonchev–Trinajstić information content (AvgIpc) is 3.26. The Hall–Kier alpha value is -2.46. The molecule has 3 heterocycles. The van der Waals surface area contributed by atoms with E-state index in [1.54, 1.807) is 4.57 Å². The Kier molecular flexibility index (Phi) is 5.30. The van der Waals surface area contributed by atoms with Crippen LogP contribution in [-0.4, -0.2) is 67.2 Å². The van der Waals surface area contributed by atoms with Gasteiger partial charge in [0, 0.05) is 0 Å². The van der Waals surface area contributed by atoms with Gasteiger partial charge in [-0.25, -0.2) is 4.98 Å². The van der Waals surface area contributed by atoms with E-state index in [0.29, 0.717) is 18.2 Å². The zero-order valence-corrected chi connectivity index (χ0v) is 16.4. The number of aliphatic hydroxyl groups excluding tert-OH is 3. The number of amidine groups is 1. The van der Waals surface area contributed by atoms with Crippen LogP contribution in [0.15, 0.2) is 36.7 Å². The zero-order valence-electron chi connectivity index (χ0n) is 16.4. The molecule has 2 aromatic rings. The lowest BCUT2D eigenvalue weighted by molar-refractivity contribution is -0.0519. The van der Waals surface area contributed by atoms with Crippen molar-refractivity contribution in [3.05, 3.63) is 47.9 Å². The molecule has 0 spiro atoms. The molecule has 1 aromatic carbocycles. The smallest absolute Gasteiger partial charge is 0.165 e. The fourth-order valence-corrected chi connectivity index (χ4v) is 4.20. The Labute approximate surface area is 169 Å². The molecule has 0 bridgehead atoms. The number of nitrogens with zero attached hydrogens (tertiary/aromatic N) is 3. The summed E-state index contributed by atoms with van der Waals surface area (Å²) < 4.78 is 7.19. The molecule has 0 amide bonds. The third kappa shape index (κ3) is 3.29. The van der Waals surface area contributed by atoms with Crippen LogP contribution < -0.4 is 5.32 Å². The molecule has 4 rings (SSSR count). The number of aliphatic hydroxyl groups is 3. The van der Waals surface area contributed by atoms with Crippen molar-refractivity contribution in [2.45, 2.75) is 44.4 Å². The summed E-state index contributed by atoms with van der Waals surface area (Å²) in [5, 5.41) is 41.8. The highest BCUT2D eigenvalue weighted by Crippen LogP contribution is 2.37. The first-order valence-corrected chi connectivity index (χ1v) is 9.77. The van der Waals surface area contributed by atoms with Crippen LogP contribution in [-0.2, 0) is 4.74 Å². The van der Waals surface area contributed by atoms with E-state index < -0.39 is 31.1 Å². The Bertz CT molecular complexity index is 871. The van der Waals surface area contributed by atoms with Crippen LogP contribution in [0.5, 0.6) is 0 Å². The lowest BCUT2D eigenvalue weighted by Crippen LogP contribution is -2.44. The van der Waals surface area contributed by atoms with Crippen molar-refractivity contribution >= 4 is 11.7 Å². The van der Waals surface area contributed by atoms with Gasteiger partial charge < -0.3 is 30.3 Å². The number of nitrogens with one attached hydrogen (secondary N) is 2. The molecule has 9 nitrogen and oxygen atoms in total. The van der Waals surface area contributed by atoms with Gasteiger partial charge in [-0.1, -0.05) is 44.2 Å². The highest BCUT2D eigenvalue weighted by atomic mass is 16.6. The average molecular weight is 401 g/mol. The maximum Gasteiger partial charge on any atom is 0.165 e. The quantitative estimate of drug-likeness (QED) is 0.504. The van der Waals surface area contributed by atoms with Gasteiger partial charge in [0.05, 0.1) is 25.6 Å². The molecular formula is C20H27N5O4. The topological polar surface area (TPSA) is 127 Å². The highest BCUT2D eigenvalue weighted by Gasteiger charge is 2.45. The van der Waals surface area contributed by atoms with Crippen LogP contribution in [0.4, 0.5) is 5.82 Å². The molecule has 1 saturated heterocycles. The third-order valence-corrected chi connectivity index (χ3v) is 5.62. The predicted molar refractivity (Wildman–Crippen MR) is 106 cm³/mol. The van der Waals surface area contributed by atoms with Crippen LogP contribution in [0.3, 0.4) is 0 Å². The van der Waals surface area contributed by atoms with Gasteiger partial charge in [-0.2, -0.15) is 0 Å². The van der Waals surface area contributed by atoms with E-state index in [0.717, 1.165) is 5.56 Å². The van der Waals surface area contributed by atoms with E-state index in [4.69, 9.17) is 10.1 Å². The first kappa shape index (κ1) is 19.8. The molecule has 9 heteroatoms. The van der Waals surface area contributed by atoms with Crippen molar-refractivity contribution in [3.8, 4) is 0 Å². The van der Waals surface area contributed by atoms with Crippen LogP contribution in [0.1, 0.15) is 37.4 Å². The molecule has 2 aliphatic rings. The summed E-state index contributed by atoms with van der Waals surface area (Å²) in [5.74, 6) is 1.10. The zero-order chi connectivity index (χ0) is 20.7. The predicted octanol–water partition coefficient (Wildman–Crippen LogP) is 0.902. The maximum absolute atomic E-state index is 10.3. The van der Waals surface area contributed by atoms with Gasteiger partial charge >= 0.3 is 0 Å².